The van der Waals surface area contributed by atoms with Crippen LogP contribution in [0.15, 0.2) is 30.6 Å². The highest BCUT2D eigenvalue weighted by Gasteiger charge is 2.11. The molecule has 98 valence electrons. The molecule has 0 atom stereocenters. The monoisotopic (exact) mass is 264 g/mol. The number of aromatic carboxylic acids is 1. The zero-order valence-electron chi connectivity index (χ0n) is 9.58. The number of nitrogens with zero attached hydrogens (tertiary/aromatic N) is 3. The summed E-state index contributed by atoms with van der Waals surface area (Å²) in [4.78, 5) is 22.2. The minimum absolute atomic E-state index is 0.0879. The number of rotatable bonds is 4. The Morgan fingerprint density at radius 3 is 2.79 bits per heavy atom. The zero-order valence-corrected chi connectivity index (χ0v) is 9.58. The van der Waals surface area contributed by atoms with Crippen LogP contribution in [0.1, 0.15) is 10.4 Å². The first-order valence-electron chi connectivity index (χ1n) is 5.23. The van der Waals surface area contributed by atoms with Gasteiger partial charge in [0.15, 0.2) is 0 Å². The van der Waals surface area contributed by atoms with E-state index >= 15 is 0 Å². The SMILES string of the molecule is O=C(Cn1ccnn1)Nc1ccc(C(=O)O)cc1F. The molecular formula is C11H9FN4O3. The minimum Gasteiger partial charge on any atom is -0.478 e. The summed E-state index contributed by atoms with van der Waals surface area (Å²) in [5.74, 6) is -2.54. The summed E-state index contributed by atoms with van der Waals surface area (Å²) in [5, 5.41) is 18.1. The lowest BCUT2D eigenvalue weighted by atomic mass is 10.2. The Bertz CT molecular complexity index is 612. The van der Waals surface area contributed by atoms with Crippen molar-refractivity contribution in [2.45, 2.75) is 6.54 Å². The summed E-state index contributed by atoms with van der Waals surface area (Å²) in [5.41, 5.74) is -0.276. The van der Waals surface area contributed by atoms with Gasteiger partial charge in [0.25, 0.3) is 0 Å². The molecule has 1 amide bonds. The molecule has 1 aromatic heterocycles. The van der Waals surface area contributed by atoms with Gasteiger partial charge in [0.05, 0.1) is 17.4 Å². The van der Waals surface area contributed by atoms with Crippen molar-refractivity contribution >= 4 is 17.6 Å². The number of halogens is 1. The third kappa shape index (κ3) is 3.12. The Labute approximate surface area is 106 Å². The Morgan fingerprint density at radius 1 is 1.42 bits per heavy atom. The number of anilines is 1. The summed E-state index contributed by atoms with van der Waals surface area (Å²) in [7, 11) is 0. The van der Waals surface area contributed by atoms with Crippen molar-refractivity contribution in [3.63, 3.8) is 0 Å². The molecule has 0 radical (unpaired) electrons. The Kier molecular flexibility index (Phi) is 3.51. The molecule has 0 bridgehead atoms. The van der Waals surface area contributed by atoms with Crippen molar-refractivity contribution < 1.29 is 19.1 Å². The van der Waals surface area contributed by atoms with Crippen LogP contribution in [0.5, 0.6) is 0 Å². The minimum atomic E-state index is -1.24. The molecule has 2 N–H and O–H groups in total. The molecule has 0 fully saturated rings. The predicted octanol–water partition coefficient (Wildman–Crippen LogP) is 0.754. The second-order valence-corrected chi connectivity index (χ2v) is 3.65. The fraction of sp³-hybridized carbons (Fsp3) is 0.0909. The van der Waals surface area contributed by atoms with Crippen LogP contribution >= 0.6 is 0 Å². The summed E-state index contributed by atoms with van der Waals surface area (Å²) in [6.45, 7) is -0.111. The van der Waals surface area contributed by atoms with Gasteiger partial charge in [-0.15, -0.1) is 5.10 Å². The van der Waals surface area contributed by atoms with Gasteiger partial charge in [0.2, 0.25) is 5.91 Å². The normalized spacial score (nSPS) is 10.2. The van der Waals surface area contributed by atoms with Crippen molar-refractivity contribution in [2.24, 2.45) is 0 Å². The number of hydrogen-bond donors (Lipinski definition) is 2. The van der Waals surface area contributed by atoms with E-state index in [0.717, 1.165) is 6.07 Å². The lowest BCUT2D eigenvalue weighted by molar-refractivity contribution is -0.117. The fourth-order valence-electron chi connectivity index (χ4n) is 1.40. The average Bonchev–Trinajstić information content (AvgIpc) is 2.84. The maximum Gasteiger partial charge on any atom is 0.335 e. The van der Waals surface area contributed by atoms with Gasteiger partial charge in [-0.25, -0.2) is 13.9 Å². The lowest BCUT2D eigenvalue weighted by Gasteiger charge is -2.06. The van der Waals surface area contributed by atoms with Crippen LogP contribution in [-0.4, -0.2) is 32.0 Å². The van der Waals surface area contributed by atoms with E-state index in [1.54, 1.807) is 0 Å². The smallest absolute Gasteiger partial charge is 0.335 e. The molecule has 19 heavy (non-hydrogen) atoms. The van der Waals surface area contributed by atoms with Crippen molar-refractivity contribution in [1.29, 1.82) is 0 Å². The van der Waals surface area contributed by atoms with E-state index in [9.17, 15) is 14.0 Å². The molecule has 2 aromatic rings. The van der Waals surface area contributed by atoms with Crippen molar-refractivity contribution in [1.82, 2.24) is 15.0 Å². The molecule has 0 spiro atoms. The molecule has 0 aliphatic carbocycles. The van der Waals surface area contributed by atoms with Crippen molar-refractivity contribution in [2.75, 3.05) is 5.32 Å². The standard InChI is InChI=1S/C11H9FN4O3/c12-8-5-7(11(18)19)1-2-9(8)14-10(17)6-16-4-3-13-15-16/h1-5H,6H2,(H,14,17)(H,18,19). The number of hydrogen-bond acceptors (Lipinski definition) is 4. The van der Waals surface area contributed by atoms with E-state index in [1.807, 2.05) is 0 Å². The van der Waals surface area contributed by atoms with E-state index in [4.69, 9.17) is 5.11 Å². The third-order valence-corrected chi connectivity index (χ3v) is 2.27. The number of carboxylic acids is 1. The van der Waals surface area contributed by atoms with Crippen LogP contribution < -0.4 is 5.32 Å². The van der Waals surface area contributed by atoms with Crippen LogP contribution in [0.4, 0.5) is 10.1 Å². The maximum atomic E-state index is 13.5. The second-order valence-electron chi connectivity index (χ2n) is 3.65. The van der Waals surface area contributed by atoms with Gasteiger partial charge in [0, 0.05) is 6.20 Å². The molecule has 1 aromatic carbocycles. The summed E-state index contributed by atoms with van der Waals surface area (Å²) in [6.07, 6.45) is 2.90. The number of carbonyl (C=O) groups is 2. The van der Waals surface area contributed by atoms with E-state index < -0.39 is 17.7 Å². The predicted molar refractivity (Wildman–Crippen MR) is 62.0 cm³/mol. The molecular weight excluding hydrogens is 255 g/mol. The quantitative estimate of drug-likeness (QED) is 0.849. The summed E-state index contributed by atoms with van der Waals surface area (Å²) < 4.78 is 14.8. The molecule has 0 saturated heterocycles. The topological polar surface area (TPSA) is 97.1 Å². The van der Waals surface area contributed by atoms with Crippen molar-refractivity contribution in [3.05, 3.63) is 42.0 Å². The van der Waals surface area contributed by atoms with Gasteiger partial charge in [-0.05, 0) is 18.2 Å². The van der Waals surface area contributed by atoms with Gasteiger partial charge < -0.3 is 10.4 Å². The first-order valence-corrected chi connectivity index (χ1v) is 5.23. The molecule has 0 aliphatic rings. The highest BCUT2D eigenvalue weighted by Crippen LogP contribution is 2.15. The van der Waals surface area contributed by atoms with Crippen LogP contribution in [0.3, 0.4) is 0 Å². The molecule has 0 aliphatic heterocycles. The molecule has 2 rings (SSSR count). The Morgan fingerprint density at radius 2 is 2.21 bits per heavy atom. The van der Waals surface area contributed by atoms with Crippen LogP contribution in [0, 0.1) is 5.82 Å². The number of carboxylic acid groups (broad SMARTS) is 1. The Balaban J connectivity index is 2.07. The maximum absolute atomic E-state index is 13.5. The highest BCUT2D eigenvalue weighted by atomic mass is 19.1. The molecule has 7 nitrogen and oxygen atoms in total. The summed E-state index contributed by atoms with van der Waals surface area (Å²) in [6, 6.07) is 3.24. The number of benzene rings is 1. The van der Waals surface area contributed by atoms with Crippen LogP contribution in [-0.2, 0) is 11.3 Å². The van der Waals surface area contributed by atoms with Gasteiger partial charge in [-0.1, -0.05) is 5.21 Å². The molecule has 8 heteroatoms. The average molecular weight is 264 g/mol. The number of nitrogens with one attached hydrogen (secondary N) is 1. The third-order valence-electron chi connectivity index (χ3n) is 2.27. The molecule has 0 saturated carbocycles. The summed E-state index contributed by atoms with van der Waals surface area (Å²) >= 11 is 0. The van der Waals surface area contributed by atoms with Gasteiger partial charge >= 0.3 is 5.97 Å². The highest BCUT2D eigenvalue weighted by molar-refractivity contribution is 5.92. The second kappa shape index (κ2) is 5.25. The van der Waals surface area contributed by atoms with Crippen LogP contribution in [0.25, 0.3) is 0 Å². The van der Waals surface area contributed by atoms with E-state index in [0.29, 0.717) is 0 Å². The molecule has 0 unspecified atom stereocenters. The van der Waals surface area contributed by atoms with Gasteiger partial charge in [-0.3, -0.25) is 4.79 Å². The van der Waals surface area contributed by atoms with Gasteiger partial charge in [-0.2, -0.15) is 0 Å². The first kappa shape index (κ1) is 12.7. The number of carbonyl (C=O) groups excluding carboxylic acids is 1. The van der Waals surface area contributed by atoms with Gasteiger partial charge in [0.1, 0.15) is 12.4 Å². The van der Waals surface area contributed by atoms with Crippen LogP contribution in [0.2, 0.25) is 0 Å². The number of amides is 1. The van der Waals surface area contributed by atoms with E-state index in [1.165, 1.54) is 29.2 Å². The zero-order chi connectivity index (χ0) is 13.8. The first-order chi connectivity index (χ1) is 9.06. The lowest BCUT2D eigenvalue weighted by Crippen LogP contribution is -2.20. The number of aromatic nitrogens is 3. The fourth-order valence-corrected chi connectivity index (χ4v) is 1.40. The van der Waals surface area contributed by atoms with E-state index in [2.05, 4.69) is 15.6 Å². The van der Waals surface area contributed by atoms with Crippen molar-refractivity contribution in [3.8, 4) is 0 Å². The largest absolute Gasteiger partial charge is 0.478 e. The Hall–Kier alpha value is -2.77. The van der Waals surface area contributed by atoms with E-state index in [-0.39, 0.29) is 17.8 Å². The molecule has 1 heterocycles.